The second-order valence-corrected chi connectivity index (χ2v) is 6.28. The van der Waals surface area contributed by atoms with E-state index in [-0.39, 0.29) is 12.1 Å². The highest BCUT2D eigenvalue weighted by molar-refractivity contribution is 5.80. The summed E-state index contributed by atoms with van der Waals surface area (Å²) in [4.78, 5) is 12.1. The van der Waals surface area contributed by atoms with Gasteiger partial charge >= 0.3 is 5.97 Å². The van der Waals surface area contributed by atoms with Crippen molar-refractivity contribution in [1.29, 1.82) is 0 Å². The van der Waals surface area contributed by atoms with E-state index in [9.17, 15) is 4.79 Å². The van der Waals surface area contributed by atoms with Crippen molar-refractivity contribution in [2.24, 2.45) is 11.8 Å². The van der Waals surface area contributed by atoms with Crippen molar-refractivity contribution in [2.75, 3.05) is 19.8 Å². The van der Waals surface area contributed by atoms with Gasteiger partial charge in [0.15, 0.2) is 0 Å². The third kappa shape index (κ3) is 4.74. The number of ether oxygens (including phenoxy) is 2. The van der Waals surface area contributed by atoms with Gasteiger partial charge in [0.25, 0.3) is 0 Å². The molecule has 1 aliphatic rings. The van der Waals surface area contributed by atoms with E-state index in [2.05, 4.69) is 19.2 Å². The van der Waals surface area contributed by atoms with Gasteiger partial charge in [-0.15, -0.1) is 0 Å². The SMILES string of the molecule is CCNC(C)(COC1CCC(C)C(C)C1)C(=O)OCC. The number of carbonyl (C=O) groups is 1. The molecule has 1 saturated carbocycles. The fourth-order valence-corrected chi connectivity index (χ4v) is 2.80. The minimum absolute atomic E-state index is 0.223. The maximum absolute atomic E-state index is 12.1. The van der Waals surface area contributed by atoms with E-state index in [1.807, 2.05) is 20.8 Å². The summed E-state index contributed by atoms with van der Waals surface area (Å²) >= 11 is 0. The standard InChI is InChI=1S/C16H31NO3/c1-6-17-16(5,15(18)19-7-2)11-20-14-9-8-12(3)13(4)10-14/h12-14,17H,6-11H2,1-5H3. The Morgan fingerprint density at radius 3 is 2.50 bits per heavy atom. The van der Waals surface area contributed by atoms with E-state index in [0.29, 0.717) is 19.1 Å². The molecule has 0 saturated heterocycles. The second-order valence-electron chi connectivity index (χ2n) is 6.28. The molecule has 118 valence electrons. The zero-order chi connectivity index (χ0) is 15.2. The van der Waals surface area contributed by atoms with Crippen molar-refractivity contribution in [1.82, 2.24) is 5.32 Å². The van der Waals surface area contributed by atoms with Gasteiger partial charge in [-0.25, -0.2) is 4.79 Å². The van der Waals surface area contributed by atoms with Crippen molar-refractivity contribution in [3.63, 3.8) is 0 Å². The van der Waals surface area contributed by atoms with Crippen LogP contribution < -0.4 is 5.32 Å². The molecule has 0 aliphatic heterocycles. The molecule has 0 heterocycles. The van der Waals surface area contributed by atoms with Crippen molar-refractivity contribution in [3.8, 4) is 0 Å². The van der Waals surface area contributed by atoms with Crippen LogP contribution in [0.2, 0.25) is 0 Å². The lowest BCUT2D eigenvalue weighted by Gasteiger charge is -2.35. The molecule has 0 radical (unpaired) electrons. The van der Waals surface area contributed by atoms with Gasteiger partial charge in [-0.3, -0.25) is 0 Å². The average Bonchev–Trinajstić information content (AvgIpc) is 2.41. The van der Waals surface area contributed by atoms with Crippen LogP contribution in [-0.4, -0.2) is 37.4 Å². The van der Waals surface area contributed by atoms with E-state index in [1.165, 1.54) is 6.42 Å². The summed E-state index contributed by atoms with van der Waals surface area (Å²) in [6.45, 7) is 11.8. The summed E-state index contributed by atoms with van der Waals surface area (Å²) in [5.41, 5.74) is -0.739. The first-order chi connectivity index (χ1) is 9.42. The minimum Gasteiger partial charge on any atom is -0.465 e. The van der Waals surface area contributed by atoms with Gasteiger partial charge in [0.2, 0.25) is 0 Å². The van der Waals surface area contributed by atoms with Gasteiger partial charge in [0, 0.05) is 0 Å². The first kappa shape index (κ1) is 17.4. The molecular weight excluding hydrogens is 254 g/mol. The molecule has 0 bridgehead atoms. The maximum Gasteiger partial charge on any atom is 0.328 e. The third-order valence-corrected chi connectivity index (χ3v) is 4.45. The summed E-state index contributed by atoms with van der Waals surface area (Å²) < 4.78 is 11.2. The molecule has 4 nitrogen and oxygen atoms in total. The Kier molecular flexibility index (Phi) is 6.96. The summed E-state index contributed by atoms with van der Waals surface area (Å²) in [6, 6.07) is 0. The average molecular weight is 285 g/mol. The first-order valence-corrected chi connectivity index (χ1v) is 7.96. The van der Waals surface area contributed by atoms with E-state index in [0.717, 1.165) is 25.3 Å². The number of likely N-dealkylation sites (N-methyl/N-ethyl adjacent to an activating group) is 1. The van der Waals surface area contributed by atoms with Crippen LogP contribution in [0.1, 0.15) is 53.9 Å². The fourth-order valence-electron chi connectivity index (χ4n) is 2.80. The molecule has 4 unspecified atom stereocenters. The van der Waals surface area contributed by atoms with Crippen LogP contribution in [0.4, 0.5) is 0 Å². The third-order valence-electron chi connectivity index (χ3n) is 4.45. The first-order valence-electron chi connectivity index (χ1n) is 7.96. The monoisotopic (exact) mass is 285 g/mol. The zero-order valence-corrected chi connectivity index (χ0v) is 13.7. The molecule has 0 spiro atoms. The number of carbonyl (C=O) groups excluding carboxylic acids is 1. The fraction of sp³-hybridized carbons (Fsp3) is 0.938. The summed E-state index contributed by atoms with van der Waals surface area (Å²) in [7, 11) is 0. The van der Waals surface area contributed by atoms with E-state index in [4.69, 9.17) is 9.47 Å². The quantitative estimate of drug-likeness (QED) is 0.731. The normalized spacial score (nSPS) is 29.8. The van der Waals surface area contributed by atoms with Gasteiger partial charge in [0.05, 0.1) is 19.3 Å². The molecule has 1 aliphatic carbocycles. The molecule has 20 heavy (non-hydrogen) atoms. The molecule has 0 amide bonds. The number of nitrogens with one attached hydrogen (secondary N) is 1. The van der Waals surface area contributed by atoms with Gasteiger partial charge in [-0.05, 0) is 51.5 Å². The summed E-state index contributed by atoms with van der Waals surface area (Å²) in [5.74, 6) is 1.25. The lowest BCUT2D eigenvalue weighted by Crippen LogP contribution is -2.54. The van der Waals surface area contributed by atoms with Crippen molar-refractivity contribution >= 4 is 5.97 Å². The van der Waals surface area contributed by atoms with Crippen LogP contribution in [0.3, 0.4) is 0 Å². The highest BCUT2D eigenvalue weighted by Crippen LogP contribution is 2.31. The van der Waals surface area contributed by atoms with Crippen LogP contribution in [0.5, 0.6) is 0 Å². The second kappa shape index (κ2) is 7.99. The van der Waals surface area contributed by atoms with E-state index >= 15 is 0 Å². The molecule has 4 atom stereocenters. The van der Waals surface area contributed by atoms with Crippen molar-refractivity contribution in [2.45, 2.75) is 65.5 Å². The highest BCUT2D eigenvalue weighted by Gasteiger charge is 2.36. The molecule has 0 aromatic carbocycles. The number of esters is 1. The lowest BCUT2D eigenvalue weighted by atomic mass is 9.80. The highest BCUT2D eigenvalue weighted by atomic mass is 16.5. The van der Waals surface area contributed by atoms with Crippen molar-refractivity contribution < 1.29 is 14.3 Å². The molecule has 4 heteroatoms. The minimum atomic E-state index is -0.739. The smallest absolute Gasteiger partial charge is 0.328 e. The Balaban J connectivity index is 2.52. The van der Waals surface area contributed by atoms with Gasteiger partial charge in [-0.2, -0.15) is 0 Å². The Morgan fingerprint density at radius 2 is 1.95 bits per heavy atom. The largest absolute Gasteiger partial charge is 0.465 e. The molecule has 1 rings (SSSR count). The van der Waals surface area contributed by atoms with Gasteiger partial charge in [0.1, 0.15) is 5.54 Å². The van der Waals surface area contributed by atoms with Crippen LogP contribution >= 0.6 is 0 Å². The maximum atomic E-state index is 12.1. The summed E-state index contributed by atoms with van der Waals surface area (Å²) in [6.07, 6.45) is 3.67. The van der Waals surface area contributed by atoms with E-state index < -0.39 is 5.54 Å². The molecule has 0 aromatic heterocycles. The van der Waals surface area contributed by atoms with Gasteiger partial charge < -0.3 is 14.8 Å². The predicted molar refractivity (Wildman–Crippen MR) is 80.6 cm³/mol. The van der Waals surface area contributed by atoms with Crippen molar-refractivity contribution in [3.05, 3.63) is 0 Å². The molecule has 1 fully saturated rings. The Labute approximate surface area is 123 Å². The predicted octanol–water partition coefficient (Wildman–Crippen LogP) is 2.76. The molecule has 1 N–H and O–H groups in total. The van der Waals surface area contributed by atoms with Crippen LogP contribution in [0.25, 0.3) is 0 Å². The summed E-state index contributed by atoms with van der Waals surface area (Å²) in [5, 5.41) is 3.20. The Morgan fingerprint density at radius 1 is 1.25 bits per heavy atom. The lowest BCUT2D eigenvalue weighted by molar-refractivity contribution is -0.155. The number of hydrogen-bond acceptors (Lipinski definition) is 4. The van der Waals surface area contributed by atoms with Gasteiger partial charge in [-0.1, -0.05) is 20.8 Å². The van der Waals surface area contributed by atoms with Crippen LogP contribution in [-0.2, 0) is 14.3 Å². The molecular formula is C16H31NO3. The zero-order valence-electron chi connectivity index (χ0n) is 13.7. The topological polar surface area (TPSA) is 47.6 Å². The number of rotatable bonds is 7. The van der Waals surface area contributed by atoms with Crippen LogP contribution in [0.15, 0.2) is 0 Å². The Hall–Kier alpha value is -0.610. The number of hydrogen-bond donors (Lipinski definition) is 1. The Bertz CT molecular complexity index is 308. The molecule has 0 aromatic rings. The van der Waals surface area contributed by atoms with E-state index in [1.54, 1.807) is 0 Å². The van der Waals surface area contributed by atoms with Crippen LogP contribution in [0, 0.1) is 11.8 Å².